The Bertz CT molecular complexity index is 618. The molecule has 96 valence electrons. The molecule has 1 aromatic carbocycles. The molecule has 0 unspecified atom stereocenters. The minimum atomic E-state index is -3.85. The SMILES string of the molecule is N#Cc1ccc(Cl)cc1S(=O)(=O)NC1(CO)CC1. The third-order valence-corrected chi connectivity index (χ3v) is 4.71. The molecule has 0 spiro atoms. The maximum Gasteiger partial charge on any atom is 0.242 e. The number of hydrogen-bond acceptors (Lipinski definition) is 4. The first-order valence-corrected chi connectivity index (χ1v) is 7.13. The second-order valence-electron chi connectivity index (χ2n) is 4.30. The van der Waals surface area contributed by atoms with Crippen LogP contribution in [-0.4, -0.2) is 25.7 Å². The van der Waals surface area contributed by atoms with E-state index in [1.54, 1.807) is 0 Å². The smallest absolute Gasteiger partial charge is 0.242 e. The molecule has 5 nitrogen and oxygen atoms in total. The van der Waals surface area contributed by atoms with Crippen molar-refractivity contribution in [3.05, 3.63) is 28.8 Å². The number of sulfonamides is 1. The van der Waals surface area contributed by atoms with Crippen LogP contribution in [0.5, 0.6) is 0 Å². The average molecular weight is 287 g/mol. The van der Waals surface area contributed by atoms with Gasteiger partial charge in [-0.2, -0.15) is 5.26 Å². The molecule has 2 rings (SSSR count). The summed E-state index contributed by atoms with van der Waals surface area (Å²) in [6.45, 7) is -0.255. The number of nitrogens with zero attached hydrogens (tertiary/aromatic N) is 1. The lowest BCUT2D eigenvalue weighted by atomic mass is 10.2. The largest absolute Gasteiger partial charge is 0.394 e. The molecular formula is C11H11ClN2O3S. The number of hydrogen-bond donors (Lipinski definition) is 2. The Balaban J connectivity index is 2.42. The second kappa shape index (κ2) is 4.52. The van der Waals surface area contributed by atoms with E-state index in [1.165, 1.54) is 18.2 Å². The van der Waals surface area contributed by atoms with Crippen molar-refractivity contribution in [2.75, 3.05) is 6.61 Å². The highest BCUT2D eigenvalue weighted by molar-refractivity contribution is 7.89. The van der Waals surface area contributed by atoms with Crippen molar-refractivity contribution in [1.82, 2.24) is 4.72 Å². The lowest BCUT2D eigenvalue weighted by Crippen LogP contribution is -2.39. The molecule has 7 heteroatoms. The zero-order valence-corrected chi connectivity index (χ0v) is 10.9. The zero-order chi connectivity index (χ0) is 13.4. The lowest BCUT2D eigenvalue weighted by Gasteiger charge is -2.15. The van der Waals surface area contributed by atoms with Crippen molar-refractivity contribution >= 4 is 21.6 Å². The highest BCUT2D eigenvalue weighted by Crippen LogP contribution is 2.36. The number of nitrogens with one attached hydrogen (secondary N) is 1. The summed E-state index contributed by atoms with van der Waals surface area (Å²) in [5, 5.41) is 18.3. The summed E-state index contributed by atoms with van der Waals surface area (Å²) in [5.41, 5.74) is -0.742. The summed E-state index contributed by atoms with van der Waals surface area (Å²) in [6, 6.07) is 5.86. The summed E-state index contributed by atoms with van der Waals surface area (Å²) >= 11 is 5.75. The van der Waals surface area contributed by atoms with Gasteiger partial charge in [0.1, 0.15) is 11.0 Å². The van der Waals surface area contributed by atoms with Crippen molar-refractivity contribution in [3.63, 3.8) is 0 Å². The third-order valence-electron chi connectivity index (χ3n) is 2.86. The van der Waals surface area contributed by atoms with Crippen LogP contribution in [0.15, 0.2) is 23.1 Å². The van der Waals surface area contributed by atoms with Crippen molar-refractivity contribution in [2.24, 2.45) is 0 Å². The van der Waals surface area contributed by atoms with Crippen LogP contribution in [0.2, 0.25) is 5.02 Å². The minimum Gasteiger partial charge on any atom is -0.394 e. The average Bonchev–Trinajstić information content (AvgIpc) is 3.09. The van der Waals surface area contributed by atoms with Crippen molar-refractivity contribution in [3.8, 4) is 6.07 Å². The molecule has 0 heterocycles. The highest BCUT2D eigenvalue weighted by atomic mass is 35.5. The van der Waals surface area contributed by atoms with Crippen LogP contribution in [0.1, 0.15) is 18.4 Å². The number of rotatable bonds is 4. The Hall–Kier alpha value is -1.13. The first kappa shape index (κ1) is 13.3. The topological polar surface area (TPSA) is 90.2 Å². The molecule has 0 saturated heterocycles. The Morgan fingerprint density at radius 2 is 2.17 bits per heavy atom. The van der Waals surface area contributed by atoms with Crippen molar-refractivity contribution < 1.29 is 13.5 Å². The maximum atomic E-state index is 12.1. The number of aliphatic hydroxyl groups excluding tert-OH is 1. The predicted molar refractivity (Wildman–Crippen MR) is 65.5 cm³/mol. The van der Waals surface area contributed by atoms with Crippen molar-refractivity contribution in [2.45, 2.75) is 23.3 Å². The van der Waals surface area contributed by atoms with Crippen molar-refractivity contribution in [1.29, 1.82) is 5.26 Å². The van der Waals surface area contributed by atoms with Gasteiger partial charge in [0.25, 0.3) is 0 Å². The Kier molecular flexibility index (Phi) is 3.34. The molecule has 0 radical (unpaired) electrons. The molecule has 0 amide bonds. The molecule has 0 aromatic heterocycles. The van der Waals surface area contributed by atoms with E-state index in [2.05, 4.69) is 4.72 Å². The molecule has 2 N–H and O–H groups in total. The fraction of sp³-hybridized carbons (Fsp3) is 0.364. The monoisotopic (exact) mass is 286 g/mol. The van der Waals surface area contributed by atoms with Gasteiger partial charge in [0.15, 0.2) is 0 Å². The number of nitriles is 1. The Labute approximate surface area is 110 Å². The summed E-state index contributed by atoms with van der Waals surface area (Å²) in [6.07, 6.45) is 1.18. The van der Waals surface area contributed by atoms with Gasteiger partial charge in [-0.3, -0.25) is 0 Å². The van der Waals surface area contributed by atoms with E-state index in [0.29, 0.717) is 12.8 Å². The summed E-state index contributed by atoms with van der Waals surface area (Å²) in [7, 11) is -3.85. The van der Waals surface area contributed by atoms with Crippen LogP contribution in [-0.2, 0) is 10.0 Å². The van der Waals surface area contributed by atoms with Crippen LogP contribution in [0.3, 0.4) is 0 Å². The van der Waals surface area contributed by atoms with E-state index < -0.39 is 15.6 Å². The molecule has 1 aliphatic carbocycles. The molecule has 18 heavy (non-hydrogen) atoms. The van der Waals surface area contributed by atoms with E-state index in [-0.39, 0.29) is 22.1 Å². The summed E-state index contributed by atoms with van der Waals surface area (Å²) in [5.74, 6) is 0. The second-order valence-corrected chi connectivity index (χ2v) is 6.38. The standard InChI is InChI=1S/C11H11ClN2O3S/c12-9-2-1-8(6-13)10(5-9)18(16,17)14-11(7-15)3-4-11/h1-2,5,14-15H,3-4,7H2. The van der Waals surface area contributed by atoms with E-state index in [4.69, 9.17) is 22.0 Å². The molecular weight excluding hydrogens is 276 g/mol. The van der Waals surface area contributed by atoms with Gasteiger partial charge in [-0.15, -0.1) is 0 Å². The Morgan fingerprint density at radius 3 is 2.67 bits per heavy atom. The maximum absolute atomic E-state index is 12.1. The van der Waals surface area contributed by atoms with Gasteiger partial charge in [-0.05, 0) is 31.0 Å². The Morgan fingerprint density at radius 1 is 1.50 bits per heavy atom. The molecule has 0 bridgehead atoms. The van der Waals surface area contributed by atoms with Crippen LogP contribution < -0.4 is 4.72 Å². The zero-order valence-electron chi connectivity index (χ0n) is 9.35. The van der Waals surface area contributed by atoms with Gasteiger partial charge < -0.3 is 5.11 Å². The molecule has 1 saturated carbocycles. The van der Waals surface area contributed by atoms with Gasteiger partial charge in [-0.25, -0.2) is 13.1 Å². The normalized spacial score (nSPS) is 17.2. The molecule has 0 atom stereocenters. The van der Waals surface area contributed by atoms with Gasteiger partial charge in [0, 0.05) is 5.02 Å². The van der Waals surface area contributed by atoms with E-state index in [0.717, 1.165) is 0 Å². The first-order chi connectivity index (χ1) is 8.42. The van der Waals surface area contributed by atoms with Gasteiger partial charge in [0.05, 0.1) is 17.7 Å². The summed E-state index contributed by atoms with van der Waals surface area (Å²) < 4.78 is 26.7. The quantitative estimate of drug-likeness (QED) is 0.864. The highest BCUT2D eigenvalue weighted by Gasteiger charge is 2.45. The van der Waals surface area contributed by atoms with Gasteiger partial charge >= 0.3 is 0 Å². The predicted octanol–water partition coefficient (Wildman–Crippen LogP) is 1.01. The number of benzene rings is 1. The van der Waals surface area contributed by atoms with Crippen LogP contribution in [0, 0.1) is 11.3 Å². The van der Waals surface area contributed by atoms with E-state index in [9.17, 15) is 8.42 Å². The van der Waals surface area contributed by atoms with Gasteiger partial charge in [-0.1, -0.05) is 11.6 Å². The van der Waals surface area contributed by atoms with Crippen LogP contribution in [0.4, 0.5) is 0 Å². The van der Waals surface area contributed by atoms with Crippen LogP contribution in [0.25, 0.3) is 0 Å². The fourth-order valence-electron chi connectivity index (χ4n) is 1.59. The fourth-order valence-corrected chi connectivity index (χ4v) is 3.47. The molecule has 1 aliphatic rings. The lowest BCUT2D eigenvalue weighted by molar-refractivity contribution is 0.246. The minimum absolute atomic E-state index is 0.0284. The number of halogens is 1. The molecule has 1 fully saturated rings. The summed E-state index contributed by atoms with van der Waals surface area (Å²) in [4.78, 5) is -0.155. The first-order valence-electron chi connectivity index (χ1n) is 5.27. The van der Waals surface area contributed by atoms with E-state index >= 15 is 0 Å². The van der Waals surface area contributed by atoms with Gasteiger partial charge in [0.2, 0.25) is 10.0 Å². The van der Waals surface area contributed by atoms with Crippen LogP contribution >= 0.6 is 11.6 Å². The molecule has 1 aromatic rings. The third kappa shape index (κ3) is 2.49. The number of aliphatic hydroxyl groups is 1. The molecule has 0 aliphatic heterocycles. The van der Waals surface area contributed by atoms with E-state index in [1.807, 2.05) is 6.07 Å².